The molecule has 0 unspecified atom stereocenters. The smallest absolute Gasteiger partial charge is 0.258 e. The lowest BCUT2D eigenvalue weighted by molar-refractivity contribution is -0.123. The first-order chi connectivity index (χ1) is 11.7. The van der Waals surface area contributed by atoms with Crippen LogP contribution in [0.2, 0.25) is 5.02 Å². The minimum absolute atomic E-state index is 0.0259. The van der Waals surface area contributed by atoms with E-state index in [0.29, 0.717) is 16.8 Å². The predicted octanol–water partition coefficient (Wildman–Crippen LogP) is 5.51. The molecule has 0 spiro atoms. The van der Waals surface area contributed by atoms with E-state index in [1.165, 1.54) is 57.8 Å². The monoisotopic (exact) mass is 351 g/mol. The van der Waals surface area contributed by atoms with Gasteiger partial charge in [0.1, 0.15) is 5.75 Å². The van der Waals surface area contributed by atoms with Crippen molar-refractivity contribution < 1.29 is 9.53 Å². The lowest BCUT2D eigenvalue weighted by Gasteiger charge is -2.19. The molecule has 1 N–H and O–H groups in total. The van der Waals surface area contributed by atoms with E-state index in [4.69, 9.17) is 16.3 Å². The Morgan fingerprint density at radius 2 is 1.42 bits per heavy atom. The second-order valence-electron chi connectivity index (χ2n) is 6.77. The largest absolute Gasteiger partial charge is 0.484 e. The van der Waals surface area contributed by atoms with Crippen LogP contribution in [0.25, 0.3) is 0 Å². The summed E-state index contributed by atoms with van der Waals surface area (Å²) in [7, 11) is 0. The van der Waals surface area contributed by atoms with Crippen LogP contribution in [0, 0.1) is 0 Å². The summed E-state index contributed by atoms with van der Waals surface area (Å²) in [5.74, 6) is 0.648. The molecule has 24 heavy (non-hydrogen) atoms. The summed E-state index contributed by atoms with van der Waals surface area (Å²) in [6, 6.07) is 7.39. The van der Waals surface area contributed by atoms with Crippen LogP contribution in [0.15, 0.2) is 24.3 Å². The number of carbonyl (C=O) groups is 1. The van der Waals surface area contributed by atoms with Crippen molar-refractivity contribution in [3.63, 3.8) is 0 Å². The molecule has 1 aliphatic rings. The van der Waals surface area contributed by atoms with Gasteiger partial charge in [0.2, 0.25) is 0 Å². The van der Waals surface area contributed by atoms with Gasteiger partial charge in [-0.2, -0.15) is 0 Å². The van der Waals surface area contributed by atoms with Gasteiger partial charge in [-0.15, -0.1) is 0 Å². The van der Waals surface area contributed by atoms with Gasteiger partial charge in [-0.05, 0) is 37.1 Å². The molecular formula is C20H30ClNO2. The van der Waals surface area contributed by atoms with Crippen LogP contribution < -0.4 is 10.1 Å². The van der Waals surface area contributed by atoms with Crippen molar-refractivity contribution in [2.24, 2.45) is 0 Å². The van der Waals surface area contributed by atoms with Gasteiger partial charge >= 0.3 is 0 Å². The Bertz CT molecular complexity index is 463. The maximum atomic E-state index is 12.2. The van der Waals surface area contributed by atoms with Crippen molar-refractivity contribution in [3.05, 3.63) is 29.3 Å². The van der Waals surface area contributed by atoms with Gasteiger partial charge in [-0.3, -0.25) is 4.79 Å². The molecule has 1 aromatic carbocycles. The van der Waals surface area contributed by atoms with Gasteiger partial charge in [-0.25, -0.2) is 0 Å². The van der Waals surface area contributed by atoms with Crippen LogP contribution in [-0.4, -0.2) is 18.6 Å². The third kappa shape index (κ3) is 8.05. The molecule has 1 fully saturated rings. The number of ether oxygens (including phenoxy) is 1. The number of halogens is 1. The van der Waals surface area contributed by atoms with E-state index in [1.807, 2.05) is 0 Å². The molecule has 1 aromatic rings. The number of hydrogen-bond donors (Lipinski definition) is 1. The average molecular weight is 352 g/mol. The van der Waals surface area contributed by atoms with Crippen molar-refractivity contribution in [1.29, 1.82) is 0 Å². The average Bonchev–Trinajstić information content (AvgIpc) is 2.57. The van der Waals surface area contributed by atoms with Crippen LogP contribution in [0.1, 0.15) is 70.6 Å². The number of benzene rings is 1. The molecule has 1 saturated carbocycles. The number of hydrogen-bond acceptors (Lipinski definition) is 2. The quantitative estimate of drug-likeness (QED) is 0.776. The summed E-state index contributed by atoms with van der Waals surface area (Å²) in [6.45, 7) is 0.0676. The van der Waals surface area contributed by atoms with E-state index in [9.17, 15) is 4.79 Å². The number of rotatable bonds is 4. The fourth-order valence-electron chi connectivity index (χ4n) is 3.26. The van der Waals surface area contributed by atoms with Crippen molar-refractivity contribution >= 4 is 17.5 Å². The van der Waals surface area contributed by atoms with Crippen LogP contribution in [0.5, 0.6) is 5.75 Å². The Morgan fingerprint density at radius 1 is 0.917 bits per heavy atom. The van der Waals surface area contributed by atoms with Gasteiger partial charge in [0.05, 0.1) is 0 Å². The number of nitrogens with one attached hydrogen (secondary N) is 1. The Balaban J connectivity index is 1.73. The van der Waals surface area contributed by atoms with E-state index in [-0.39, 0.29) is 12.5 Å². The Hall–Kier alpha value is -1.22. The van der Waals surface area contributed by atoms with Crippen molar-refractivity contribution in [2.75, 3.05) is 6.61 Å². The van der Waals surface area contributed by atoms with Gasteiger partial charge in [-0.1, -0.05) is 69.4 Å². The SMILES string of the molecule is O=C(COc1ccc(Cl)cc1)NC1CCCCCCCCCCC1. The lowest BCUT2D eigenvalue weighted by atomic mass is 9.98. The fraction of sp³-hybridized carbons (Fsp3) is 0.650. The summed E-state index contributed by atoms with van der Waals surface area (Å²) in [5, 5.41) is 3.83. The molecule has 0 heterocycles. The highest BCUT2D eigenvalue weighted by atomic mass is 35.5. The standard InChI is InChI=1S/C20H30ClNO2/c21-17-12-14-19(15-13-17)24-16-20(23)22-18-10-8-6-4-2-1-3-5-7-9-11-18/h12-15,18H,1-11,16H2,(H,22,23). The maximum absolute atomic E-state index is 12.2. The number of amides is 1. The van der Waals surface area contributed by atoms with Crippen molar-refractivity contribution in [3.8, 4) is 5.75 Å². The third-order valence-electron chi connectivity index (χ3n) is 4.65. The van der Waals surface area contributed by atoms with Gasteiger partial charge in [0.15, 0.2) is 6.61 Å². The van der Waals surface area contributed by atoms with Crippen LogP contribution in [0.4, 0.5) is 0 Å². The van der Waals surface area contributed by atoms with Crippen molar-refractivity contribution in [2.45, 2.75) is 76.7 Å². The molecule has 4 heteroatoms. The van der Waals surface area contributed by atoms with Crippen molar-refractivity contribution in [1.82, 2.24) is 5.32 Å². The molecule has 0 aliphatic heterocycles. The van der Waals surface area contributed by atoms with E-state index in [1.54, 1.807) is 24.3 Å². The molecule has 0 aromatic heterocycles. The topological polar surface area (TPSA) is 38.3 Å². The summed E-state index contributed by atoms with van der Waals surface area (Å²) in [4.78, 5) is 12.2. The summed E-state index contributed by atoms with van der Waals surface area (Å²) in [5.41, 5.74) is 0. The van der Waals surface area contributed by atoms with Crippen LogP contribution in [-0.2, 0) is 4.79 Å². The zero-order valence-corrected chi connectivity index (χ0v) is 15.3. The Kier molecular flexibility index (Phi) is 9.04. The minimum Gasteiger partial charge on any atom is -0.484 e. The highest BCUT2D eigenvalue weighted by Gasteiger charge is 2.13. The van der Waals surface area contributed by atoms with E-state index in [0.717, 1.165) is 12.8 Å². The van der Waals surface area contributed by atoms with E-state index >= 15 is 0 Å². The molecule has 0 atom stereocenters. The molecule has 3 nitrogen and oxygen atoms in total. The number of carbonyl (C=O) groups excluding carboxylic acids is 1. The van der Waals surface area contributed by atoms with E-state index in [2.05, 4.69) is 5.32 Å². The first-order valence-electron chi connectivity index (χ1n) is 9.42. The van der Waals surface area contributed by atoms with Crippen LogP contribution >= 0.6 is 11.6 Å². The molecule has 1 amide bonds. The molecule has 134 valence electrons. The second-order valence-corrected chi connectivity index (χ2v) is 7.20. The molecule has 0 bridgehead atoms. The Labute approximate surface area is 151 Å². The summed E-state index contributed by atoms with van der Waals surface area (Å²) >= 11 is 5.84. The molecule has 2 rings (SSSR count). The maximum Gasteiger partial charge on any atom is 0.258 e. The van der Waals surface area contributed by atoms with Gasteiger partial charge in [0.25, 0.3) is 5.91 Å². The zero-order valence-electron chi connectivity index (χ0n) is 14.6. The molecule has 0 radical (unpaired) electrons. The minimum atomic E-state index is -0.0259. The predicted molar refractivity (Wildman–Crippen MR) is 99.7 cm³/mol. The molecule has 1 aliphatic carbocycles. The van der Waals surface area contributed by atoms with E-state index < -0.39 is 0 Å². The molecule has 0 saturated heterocycles. The fourth-order valence-corrected chi connectivity index (χ4v) is 3.38. The normalized spacial score (nSPS) is 18.2. The third-order valence-corrected chi connectivity index (χ3v) is 4.91. The molecular weight excluding hydrogens is 322 g/mol. The first-order valence-corrected chi connectivity index (χ1v) is 9.79. The second kappa shape index (κ2) is 11.4. The summed E-state index contributed by atoms with van der Waals surface area (Å²) in [6.07, 6.45) is 14.0. The summed E-state index contributed by atoms with van der Waals surface area (Å²) < 4.78 is 5.53. The first kappa shape index (κ1) is 19.1. The van der Waals surface area contributed by atoms with Gasteiger partial charge in [0, 0.05) is 11.1 Å². The van der Waals surface area contributed by atoms with Crippen LogP contribution in [0.3, 0.4) is 0 Å². The lowest BCUT2D eigenvalue weighted by Crippen LogP contribution is -2.38. The zero-order chi connectivity index (χ0) is 17.0. The Morgan fingerprint density at radius 3 is 1.96 bits per heavy atom. The highest BCUT2D eigenvalue weighted by molar-refractivity contribution is 6.30. The highest BCUT2D eigenvalue weighted by Crippen LogP contribution is 2.17. The van der Waals surface area contributed by atoms with Gasteiger partial charge < -0.3 is 10.1 Å².